The summed E-state index contributed by atoms with van der Waals surface area (Å²) in [4.78, 5) is 22.9. The number of ether oxygens (including phenoxy) is 1. The van der Waals surface area contributed by atoms with Crippen LogP contribution >= 0.6 is 11.6 Å². The molecule has 1 atom stereocenters. The van der Waals surface area contributed by atoms with Gasteiger partial charge in [-0.1, -0.05) is 41.9 Å². The number of nitrogens with two attached hydrogens (primary N) is 1. The predicted molar refractivity (Wildman–Crippen MR) is 133 cm³/mol. The standard InChI is InChI=1S/C24H22ClFN4O5S/c1-30-22(31)24(29-23(30)27,16-6-8-19(9-7-16)35-36(32,33)11-10-34-2)17-5-3-4-15(12-17)20-13-18(25)14-28-21(20)26/h3-9,12-14H,10-11H2,1-2H3,(H2,27,29). The first-order valence-electron chi connectivity index (χ1n) is 10.6. The number of guanidine groups is 1. The van der Waals surface area contributed by atoms with Crippen molar-refractivity contribution in [1.82, 2.24) is 9.88 Å². The molecule has 1 unspecified atom stereocenters. The van der Waals surface area contributed by atoms with Crippen molar-refractivity contribution in [2.75, 3.05) is 26.5 Å². The second kappa shape index (κ2) is 9.84. The summed E-state index contributed by atoms with van der Waals surface area (Å²) in [6.45, 7) is -0.0164. The maximum atomic E-state index is 14.5. The molecule has 1 aliphatic rings. The predicted octanol–water partition coefficient (Wildman–Crippen LogP) is 2.93. The van der Waals surface area contributed by atoms with E-state index in [-0.39, 0.29) is 34.7 Å². The lowest BCUT2D eigenvalue weighted by Crippen LogP contribution is -2.41. The van der Waals surface area contributed by atoms with Crippen molar-refractivity contribution in [3.05, 3.63) is 82.9 Å². The van der Waals surface area contributed by atoms with Crippen molar-refractivity contribution in [1.29, 1.82) is 0 Å². The molecular formula is C24H22ClFN4O5S. The van der Waals surface area contributed by atoms with Gasteiger partial charge in [0.2, 0.25) is 5.95 Å². The van der Waals surface area contributed by atoms with Crippen molar-refractivity contribution in [2.24, 2.45) is 10.7 Å². The molecule has 1 aliphatic heterocycles. The highest BCUT2D eigenvalue weighted by atomic mass is 35.5. The van der Waals surface area contributed by atoms with Gasteiger partial charge < -0.3 is 14.7 Å². The Morgan fingerprint density at radius 3 is 2.50 bits per heavy atom. The van der Waals surface area contributed by atoms with Crippen LogP contribution in [0.5, 0.6) is 5.75 Å². The number of amides is 1. The molecule has 9 nitrogen and oxygen atoms in total. The van der Waals surface area contributed by atoms with E-state index in [1.165, 1.54) is 55.6 Å². The Kier molecular flexibility index (Phi) is 6.98. The zero-order valence-corrected chi connectivity index (χ0v) is 20.9. The molecule has 3 aromatic rings. The first kappa shape index (κ1) is 25.5. The monoisotopic (exact) mass is 532 g/mol. The molecule has 2 aromatic carbocycles. The number of methoxy groups -OCH3 is 1. The highest BCUT2D eigenvalue weighted by Crippen LogP contribution is 2.41. The Labute approximate surface area is 212 Å². The van der Waals surface area contributed by atoms with E-state index in [0.29, 0.717) is 16.7 Å². The molecule has 0 spiro atoms. The van der Waals surface area contributed by atoms with Crippen LogP contribution in [-0.4, -0.2) is 56.7 Å². The fraction of sp³-hybridized carbons (Fsp3) is 0.208. The number of aliphatic imine (C=N–C) groups is 1. The fourth-order valence-electron chi connectivity index (χ4n) is 3.85. The molecule has 36 heavy (non-hydrogen) atoms. The molecule has 2 N–H and O–H groups in total. The minimum atomic E-state index is -3.87. The average molecular weight is 533 g/mol. The lowest BCUT2D eigenvalue weighted by Gasteiger charge is -2.26. The van der Waals surface area contributed by atoms with Crippen molar-refractivity contribution in [3.8, 4) is 16.9 Å². The van der Waals surface area contributed by atoms with Gasteiger partial charge in [-0.3, -0.25) is 9.69 Å². The van der Waals surface area contributed by atoms with E-state index >= 15 is 0 Å². The topological polar surface area (TPSA) is 124 Å². The number of rotatable bonds is 8. The van der Waals surface area contributed by atoms with E-state index in [1.807, 2.05) is 0 Å². The highest BCUT2D eigenvalue weighted by Gasteiger charge is 2.49. The van der Waals surface area contributed by atoms with E-state index in [1.54, 1.807) is 24.3 Å². The van der Waals surface area contributed by atoms with Gasteiger partial charge in [0.15, 0.2) is 11.5 Å². The molecule has 0 saturated heterocycles. The van der Waals surface area contributed by atoms with E-state index < -0.39 is 27.5 Å². The van der Waals surface area contributed by atoms with Crippen LogP contribution in [-0.2, 0) is 25.2 Å². The van der Waals surface area contributed by atoms with Gasteiger partial charge >= 0.3 is 10.1 Å². The van der Waals surface area contributed by atoms with Crippen LogP contribution in [0.25, 0.3) is 11.1 Å². The van der Waals surface area contributed by atoms with E-state index in [9.17, 15) is 17.6 Å². The molecule has 1 aromatic heterocycles. The Bertz CT molecular complexity index is 1450. The van der Waals surface area contributed by atoms with Crippen LogP contribution in [0.4, 0.5) is 4.39 Å². The second-order valence-corrected chi connectivity index (χ2v) is 10.1. The van der Waals surface area contributed by atoms with E-state index in [2.05, 4.69) is 9.98 Å². The van der Waals surface area contributed by atoms with Crippen molar-refractivity contribution in [2.45, 2.75) is 5.54 Å². The number of carbonyl (C=O) groups is 1. The molecule has 0 saturated carbocycles. The van der Waals surface area contributed by atoms with E-state index in [0.717, 1.165) is 0 Å². The Morgan fingerprint density at radius 1 is 1.14 bits per heavy atom. The van der Waals surface area contributed by atoms with Gasteiger partial charge in [-0.05, 0) is 41.0 Å². The highest BCUT2D eigenvalue weighted by molar-refractivity contribution is 7.87. The van der Waals surface area contributed by atoms with Gasteiger partial charge in [0.05, 0.1) is 11.6 Å². The lowest BCUT2D eigenvalue weighted by atomic mass is 9.81. The molecular weight excluding hydrogens is 511 g/mol. The molecule has 0 radical (unpaired) electrons. The molecule has 188 valence electrons. The van der Waals surface area contributed by atoms with Crippen LogP contribution < -0.4 is 9.92 Å². The summed E-state index contributed by atoms with van der Waals surface area (Å²) in [6, 6.07) is 13.9. The second-order valence-electron chi connectivity index (χ2n) is 7.98. The summed E-state index contributed by atoms with van der Waals surface area (Å²) in [5.74, 6) is -1.44. The largest absolute Gasteiger partial charge is 0.383 e. The first-order valence-corrected chi connectivity index (χ1v) is 12.6. The Balaban J connectivity index is 1.79. The quantitative estimate of drug-likeness (QED) is 0.349. The number of carbonyl (C=O) groups excluding carboxylic acids is 1. The number of likely N-dealkylation sites (N-methyl/N-ethyl adjacent to an activating group) is 1. The Hall–Kier alpha value is -3.54. The van der Waals surface area contributed by atoms with Crippen molar-refractivity contribution in [3.63, 3.8) is 0 Å². The number of hydrogen-bond acceptors (Lipinski definition) is 8. The third kappa shape index (κ3) is 4.77. The maximum absolute atomic E-state index is 14.5. The van der Waals surface area contributed by atoms with Gasteiger partial charge in [-0.15, -0.1) is 0 Å². The molecule has 0 fully saturated rings. The van der Waals surface area contributed by atoms with Crippen LogP contribution in [0.3, 0.4) is 0 Å². The minimum absolute atomic E-state index is 0.0107. The summed E-state index contributed by atoms with van der Waals surface area (Å²) >= 11 is 6.02. The van der Waals surface area contributed by atoms with Crippen molar-refractivity contribution >= 4 is 33.6 Å². The average Bonchev–Trinajstić information content (AvgIpc) is 3.09. The summed E-state index contributed by atoms with van der Waals surface area (Å²) in [5.41, 5.74) is 5.84. The van der Waals surface area contributed by atoms with Crippen LogP contribution in [0.15, 0.2) is 65.8 Å². The molecule has 0 aliphatic carbocycles. The number of benzene rings is 2. The number of nitrogens with zero attached hydrogens (tertiary/aromatic N) is 3. The molecule has 1 amide bonds. The summed E-state index contributed by atoms with van der Waals surface area (Å²) in [7, 11) is -0.988. The van der Waals surface area contributed by atoms with Gasteiger partial charge in [0.25, 0.3) is 5.91 Å². The Morgan fingerprint density at radius 2 is 1.86 bits per heavy atom. The van der Waals surface area contributed by atoms with E-state index in [4.69, 9.17) is 26.3 Å². The van der Waals surface area contributed by atoms with Gasteiger partial charge in [-0.2, -0.15) is 12.8 Å². The van der Waals surface area contributed by atoms with Gasteiger partial charge in [0, 0.05) is 25.9 Å². The normalized spacial score (nSPS) is 17.8. The SMILES string of the molecule is COCCS(=O)(=O)Oc1ccc(C2(c3cccc(-c4cc(Cl)cnc4F)c3)N=C(N)N(C)C2=O)cc1. The summed E-state index contributed by atoms with van der Waals surface area (Å²) in [5, 5.41) is 0.251. The number of aromatic nitrogens is 1. The number of halogens is 2. The van der Waals surface area contributed by atoms with Crippen LogP contribution in [0, 0.1) is 5.95 Å². The molecule has 2 heterocycles. The zero-order chi connectivity index (χ0) is 26.1. The van der Waals surface area contributed by atoms with Crippen LogP contribution in [0.2, 0.25) is 5.02 Å². The third-order valence-corrected chi connectivity index (χ3v) is 6.99. The number of pyridine rings is 1. The minimum Gasteiger partial charge on any atom is -0.383 e. The fourth-order valence-corrected chi connectivity index (χ4v) is 4.86. The molecule has 4 rings (SSSR count). The smallest absolute Gasteiger partial charge is 0.311 e. The van der Waals surface area contributed by atoms with Gasteiger partial charge in [0.1, 0.15) is 11.5 Å². The molecule has 12 heteroatoms. The number of hydrogen-bond donors (Lipinski definition) is 1. The first-order chi connectivity index (χ1) is 17.1. The van der Waals surface area contributed by atoms with Crippen LogP contribution in [0.1, 0.15) is 11.1 Å². The maximum Gasteiger partial charge on any atom is 0.311 e. The summed E-state index contributed by atoms with van der Waals surface area (Å²) in [6.07, 6.45) is 1.20. The zero-order valence-electron chi connectivity index (χ0n) is 19.3. The lowest BCUT2D eigenvalue weighted by molar-refractivity contribution is -0.129. The molecule has 0 bridgehead atoms. The van der Waals surface area contributed by atoms with Gasteiger partial charge in [-0.25, -0.2) is 9.98 Å². The summed E-state index contributed by atoms with van der Waals surface area (Å²) < 4.78 is 48.6. The van der Waals surface area contributed by atoms with Crippen molar-refractivity contribution < 1.29 is 26.5 Å². The third-order valence-electron chi connectivity index (χ3n) is 5.67.